The molecule has 0 aliphatic carbocycles. The zero-order valence-electron chi connectivity index (χ0n) is 11.3. The number of imide groups is 1. The Morgan fingerprint density at radius 2 is 2.11 bits per heavy atom. The minimum Gasteiger partial charge on any atom is -0.329 e. The summed E-state index contributed by atoms with van der Waals surface area (Å²) in [6.45, 7) is 3.65. The number of carbonyl (C=O) groups is 2. The quantitative estimate of drug-likeness (QED) is 0.729. The lowest BCUT2D eigenvalue weighted by Gasteiger charge is -2.41. The lowest BCUT2D eigenvalue weighted by molar-refractivity contribution is -0.138. The van der Waals surface area contributed by atoms with Gasteiger partial charge in [0.05, 0.1) is 12.5 Å². The van der Waals surface area contributed by atoms with Crippen molar-refractivity contribution in [2.45, 2.75) is 44.7 Å². The van der Waals surface area contributed by atoms with E-state index >= 15 is 0 Å². The maximum absolute atomic E-state index is 12.1. The highest BCUT2D eigenvalue weighted by atomic mass is 16.2. The van der Waals surface area contributed by atoms with Gasteiger partial charge in [0.25, 0.3) is 0 Å². The highest BCUT2D eigenvalue weighted by molar-refractivity contribution is 6.05. The minimum atomic E-state index is -0.270. The first-order valence-corrected chi connectivity index (χ1v) is 6.84. The molecule has 0 radical (unpaired) electrons. The number of amides is 2. The highest BCUT2D eigenvalue weighted by Crippen LogP contribution is 2.29. The topological polar surface area (TPSA) is 66.6 Å². The number of hydrogen-bond acceptors (Lipinski definition) is 4. The Labute approximate surface area is 108 Å². The summed E-state index contributed by atoms with van der Waals surface area (Å²) in [4.78, 5) is 27.1. The van der Waals surface area contributed by atoms with Crippen molar-refractivity contribution in [1.82, 2.24) is 9.80 Å². The number of nitrogens with two attached hydrogens (primary N) is 1. The Bertz CT molecular complexity index is 345. The molecule has 0 aromatic carbocycles. The van der Waals surface area contributed by atoms with Crippen LogP contribution in [0.4, 0.5) is 0 Å². The molecular formula is C13H23N3O2. The van der Waals surface area contributed by atoms with Crippen molar-refractivity contribution in [1.29, 1.82) is 0 Å². The standard InChI is InChI=1S/C13H23N3O2/c1-3-9-4-5-16(10(6-9)8-14)11-7-12(17)15(2)13(11)18/h9-11H,3-8,14H2,1-2H3. The van der Waals surface area contributed by atoms with Crippen LogP contribution < -0.4 is 5.73 Å². The number of rotatable bonds is 3. The van der Waals surface area contributed by atoms with Crippen LogP contribution in [0.1, 0.15) is 32.6 Å². The van der Waals surface area contributed by atoms with E-state index in [2.05, 4.69) is 11.8 Å². The maximum atomic E-state index is 12.1. The van der Waals surface area contributed by atoms with Gasteiger partial charge in [0.2, 0.25) is 11.8 Å². The minimum absolute atomic E-state index is 0.0617. The van der Waals surface area contributed by atoms with E-state index in [9.17, 15) is 9.59 Å². The highest BCUT2D eigenvalue weighted by Gasteiger charge is 2.43. The third-order valence-corrected chi connectivity index (χ3v) is 4.48. The summed E-state index contributed by atoms with van der Waals surface area (Å²) in [5.41, 5.74) is 5.84. The van der Waals surface area contributed by atoms with Crippen LogP contribution in [-0.4, -0.2) is 53.8 Å². The fourth-order valence-electron chi connectivity index (χ4n) is 3.16. The summed E-state index contributed by atoms with van der Waals surface area (Å²) in [7, 11) is 1.57. The van der Waals surface area contributed by atoms with Gasteiger partial charge in [0, 0.05) is 19.6 Å². The lowest BCUT2D eigenvalue weighted by atomic mass is 9.87. The van der Waals surface area contributed by atoms with E-state index in [0.717, 1.165) is 19.4 Å². The Morgan fingerprint density at radius 1 is 1.39 bits per heavy atom. The molecule has 0 aromatic rings. The predicted octanol–water partition coefficient (Wildman–Crippen LogP) is 0.193. The van der Waals surface area contributed by atoms with Crippen molar-refractivity contribution in [3.05, 3.63) is 0 Å². The first kappa shape index (κ1) is 13.5. The second kappa shape index (κ2) is 5.36. The van der Waals surface area contributed by atoms with Crippen LogP contribution in [-0.2, 0) is 9.59 Å². The van der Waals surface area contributed by atoms with E-state index in [4.69, 9.17) is 5.73 Å². The zero-order valence-corrected chi connectivity index (χ0v) is 11.3. The number of nitrogens with zero attached hydrogens (tertiary/aromatic N) is 2. The Kier molecular flexibility index (Phi) is 4.02. The Hall–Kier alpha value is -0.940. The van der Waals surface area contributed by atoms with Crippen LogP contribution in [0.2, 0.25) is 0 Å². The molecule has 2 N–H and O–H groups in total. The summed E-state index contributed by atoms with van der Waals surface area (Å²) in [6.07, 6.45) is 3.65. The molecule has 0 bridgehead atoms. The van der Waals surface area contributed by atoms with E-state index in [1.54, 1.807) is 7.05 Å². The van der Waals surface area contributed by atoms with E-state index in [0.29, 0.717) is 18.9 Å². The summed E-state index contributed by atoms with van der Waals surface area (Å²) in [5.74, 6) is 0.575. The third-order valence-electron chi connectivity index (χ3n) is 4.48. The van der Waals surface area contributed by atoms with E-state index in [-0.39, 0.29) is 23.9 Å². The summed E-state index contributed by atoms with van der Waals surface area (Å²) in [6, 6.07) is -0.0224. The Balaban J connectivity index is 2.08. The molecule has 5 nitrogen and oxygen atoms in total. The molecule has 2 amide bonds. The lowest BCUT2D eigenvalue weighted by Crippen LogP contribution is -2.53. The molecule has 102 valence electrons. The second-order valence-electron chi connectivity index (χ2n) is 5.44. The van der Waals surface area contributed by atoms with Crippen LogP contribution in [0.3, 0.4) is 0 Å². The van der Waals surface area contributed by atoms with Gasteiger partial charge >= 0.3 is 0 Å². The van der Waals surface area contributed by atoms with E-state index in [1.165, 1.54) is 11.3 Å². The molecule has 2 heterocycles. The molecule has 2 aliphatic rings. The molecule has 2 saturated heterocycles. The molecule has 2 fully saturated rings. The fourth-order valence-corrected chi connectivity index (χ4v) is 3.16. The van der Waals surface area contributed by atoms with Gasteiger partial charge in [0.1, 0.15) is 0 Å². The number of carbonyl (C=O) groups excluding carboxylic acids is 2. The number of likely N-dealkylation sites (tertiary alicyclic amines) is 2. The van der Waals surface area contributed by atoms with E-state index < -0.39 is 0 Å². The van der Waals surface area contributed by atoms with Gasteiger partial charge in [-0.05, 0) is 25.3 Å². The van der Waals surface area contributed by atoms with Gasteiger partial charge in [-0.15, -0.1) is 0 Å². The monoisotopic (exact) mass is 253 g/mol. The second-order valence-corrected chi connectivity index (χ2v) is 5.44. The molecule has 3 unspecified atom stereocenters. The largest absolute Gasteiger partial charge is 0.329 e. The molecule has 0 spiro atoms. The molecule has 0 aromatic heterocycles. The fraction of sp³-hybridized carbons (Fsp3) is 0.846. The van der Waals surface area contributed by atoms with Crippen molar-refractivity contribution >= 4 is 11.8 Å². The van der Waals surface area contributed by atoms with E-state index in [1.807, 2.05) is 0 Å². The molecule has 2 rings (SSSR count). The number of likely N-dealkylation sites (N-methyl/N-ethyl adjacent to an activating group) is 1. The maximum Gasteiger partial charge on any atom is 0.246 e. The van der Waals surface area contributed by atoms with Gasteiger partial charge in [-0.1, -0.05) is 13.3 Å². The van der Waals surface area contributed by atoms with Crippen molar-refractivity contribution in [2.75, 3.05) is 20.1 Å². The number of hydrogen-bond donors (Lipinski definition) is 1. The number of piperidine rings is 1. The summed E-state index contributed by atoms with van der Waals surface area (Å²) in [5, 5.41) is 0. The molecule has 5 heteroatoms. The molecule has 2 aliphatic heterocycles. The van der Waals surface area contributed by atoms with Gasteiger partial charge in [-0.3, -0.25) is 19.4 Å². The predicted molar refractivity (Wildman–Crippen MR) is 68.7 cm³/mol. The van der Waals surface area contributed by atoms with Gasteiger partial charge in [-0.25, -0.2) is 0 Å². The summed E-state index contributed by atoms with van der Waals surface area (Å²) < 4.78 is 0. The third kappa shape index (κ3) is 2.29. The van der Waals surface area contributed by atoms with Crippen molar-refractivity contribution < 1.29 is 9.59 Å². The van der Waals surface area contributed by atoms with Gasteiger partial charge < -0.3 is 5.73 Å². The summed E-state index contributed by atoms with van der Waals surface area (Å²) >= 11 is 0. The average molecular weight is 253 g/mol. The molecule has 18 heavy (non-hydrogen) atoms. The molecule has 0 saturated carbocycles. The normalized spacial score (nSPS) is 34.4. The smallest absolute Gasteiger partial charge is 0.246 e. The first-order chi connectivity index (χ1) is 8.58. The SMILES string of the molecule is CCC1CCN(C2CC(=O)N(C)C2=O)C(CN)C1. The van der Waals surface area contributed by atoms with Crippen molar-refractivity contribution in [3.8, 4) is 0 Å². The van der Waals surface area contributed by atoms with Crippen LogP contribution in [0.5, 0.6) is 0 Å². The van der Waals surface area contributed by atoms with Gasteiger partial charge in [0.15, 0.2) is 0 Å². The zero-order chi connectivity index (χ0) is 13.3. The molecular weight excluding hydrogens is 230 g/mol. The average Bonchev–Trinajstić information content (AvgIpc) is 2.65. The van der Waals surface area contributed by atoms with Crippen LogP contribution in [0, 0.1) is 5.92 Å². The van der Waals surface area contributed by atoms with Crippen LogP contribution >= 0.6 is 0 Å². The molecule has 3 atom stereocenters. The van der Waals surface area contributed by atoms with Crippen molar-refractivity contribution in [3.63, 3.8) is 0 Å². The van der Waals surface area contributed by atoms with Crippen LogP contribution in [0.15, 0.2) is 0 Å². The van der Waals surface area contributed by atoms with Crippen LogP contribution in [0.25, 0.3) is 0 Å². The Morgan fingerprint density at radius 3 is 2.61 bits per heavy atom. The first-order valence-electron chi connectivity index (χ1n) is 6.84. The van der Waals surface area contributed by atoms with Crippen molar-refractivity contribution in [2.24, 2.45) is 11.7 Å². The van der Waals surface area contributed by atoms with Gasteiger partial charge in [-0.2, -0.15) is 0 Å².